The number of carbonyl (C=O) groups excluding carboxylic acids is 1. The molecule has 3 fully saturated rings. The molecule has 0 aliphatic heterocycles. The van der Waals surface area contributed by atoms with Crippen LogP contribution in [0.15, 0.2) is 11.6 Å². The molecule has 3 saturated carbocycles. The second kappa shape index (κ2) is 8.86. The van der Waals surface area contributed by atoms with Crippen molar-refractivity contribution in [1.29, 1.82) is 0 Å². The van der Waals surface area contributed by atoms with Gasteiger partial charge >= 0.3 is 5.97 Å². The number of carbonyl (C=O) groups is 1. The maximum Gasteiger partial charge on any atom is 0.302 e. The first kappa shape index (κ1) is 23.4. The van der Waals surface area contributed by atoms with Gasteiger partial charge in [0.25, 0.3) is 0 Å². The zero-order valence-corrected chi connectivity index (χ0v) is 21.2. The molecule has 0 saturated heterocycles. The van der Waals surface area contributed by atoms with Crippen LogP contribution in [0.25, 0.3) is 0 Å². The summed E-state index contributed by atoms with van der Waals surface area (Å²) < 4.78 is 5.61. The Balaban J connectivity index is 1.47. The molecule has 8 atom stereocenters. The minimum Gasteiger partial charge on any atom is -0.462 e. The first-order chi connectivity index (χ1) is 14.6. The van der Waals surface area contributed by atoms with E-state index < -0.39 is 0 Å². The van der Waals surface area contributed by atoms with Gasteiger partial charge in [-0.25, -0.2) is 0 Å². The van der Waals surface area contributed by atoms with Crippen LogP contribution < -0.4 is 0 Å². The maximum atomic E-state index is 11.5. The number of allylic oxidation sites excluding steroid dienone is 1. The van der Waals surface area contributed by atoms with E-state index in [-0.39, 0.29) is 12.1 Å². The molecule has 2 heteroatoms. The summed E-state index contributed by atoms with van der Waals surface area (Å²) in [6.45, 7) is 14.1. The van der Waals surface area contributed by atoms with Crippen molar-refractivity contribution in [3.63, 3.8) is 0 Å². The van der Waals surface area contributed by atoms with Gasteiger partial charge in [-0.2, -0.15) is 0 Å². The van der Waals surface area contributed by atoms with E-state index in [2.05, 4.69) is 40.7 Å². The van der Waals surface area contributed by atoms with Gasteiger partial charge in [-0.15, -0.1) is 0 Å². The third kappa shape index (κ3) is 4.26. The average molecular weight is 429 g/mol. The lowest BCUT2D eigenvalue weighted by atomic mass is 9.47. The van der Waals surface area contributed by atoms with E-state index in [1.807, 2.05) is 0 Å². The quantitative estimate of drug-likeness (QED) is 0.317. The number of hydrogen-bond donors (Lipinski definition) is 0. The molecule has 0 amide bonds. The van der Waals surface area contributed by atoms with Gasteiger partial charge in [-0.05, 0) is 91.3 Å². The van der Waals surface area contributed by atoms with Crippen molar-refractivity contribution in [2.75, 3.05) is 0 Å². The highest BCUT2D eigenvalue weighted by molar-refractivity contribution is 5.66. The van der Waals surface area contributed by atoms with Crippen LogP contribution in [-0.2, 0) is 9.53 Å². The standard InChI is InChI=1S/C29H48O2/c1-19(2)8-7-9-20(3)25-12-13-26-24-11-10-22-18-23(31-21(4)30)14-16-28(22,5)27(24)15-17-29(25,26)6/h10,19-20,23-27H,7-9,11-18H2,1-6H3/t20-,23+,24+,25+,26+,27-,28+,29+/m1/s1. The van der Waals surface area contributed by atoms with Crippen LogP contribution in [0.1, 0.15) is 112 Å². The molecule has 4 aliphatic carbocycles. The van der Waals surface area contributed by atoms with E-state index in [0.29, 0.717) is 10.8 Å². The van der Waals surface area contributed by atoms with Crippen molar-refractivity contribution in [3.05, 3.63) is 11.6 Å². The molecule has 0 aromatic carbocycles. The maximum absolute atomic E-state index is 11.5. The summed E-state index contributed by atoms with van der Waals surface area (Å²) in [7, 11) is 0. The summed E-state index contributed by atoms with van der Waals surface area (Å²) >= 11 is 0. The van der Waals surface area contributed by atoms with Gasteiger partial charge in [0.15, 0.2) is 0 Å². The summed E-state index contributed by atoms with van der Waals surface area (Å²) in [6.07, 6.45) is 17.2. The number of ether oxygens (including phenoxy) is 1. The van der Waals surface area contributed by atoms with Gasteiger partial charge in [0.05, 0.1) is 0 Å². The van der Waals surface area contributed by atoms with E-state index >= 15 is 0 Å². The largest absolute Gasteiger partial charge is 0.462 e. The van der Waals surface area contributed by atoms with Crippen LogP contribution in [0.3, 0.4) is 0 Å². The van der Waals surface area contributed by atoms with Crippen LogP contribution in [0.2, 0.25) is 0 Å². The predicted molar refractivity (Wildman–Crippen MR) is 129 cm³/mol. The van der Waals surface area contributed by atoms with Crippen molar-refractivity contribution in [3.8, 4) is 0 Å². The Morgan fingerprint density at radius 3 is 2.55 bits per heavy atom. The van der Waals surface area contributed by atoms with Crippen molar-refractivity contribution in [1.82, 2.24) is 0 Å². The van der Waals surface area contributed by atoms with Crippen molar-refractivity contribution >= 4 is 5.97 Å². The first-order valence-corrected chi connectivity index (χ1v) is 13.5. The molecule has 0 radical (unpaired) electrons. The van der Waals surface area contributed by atoms with E-state index in [4.69, 9.17) is 4.74 Å². The molecular weight excluding hydrogens is 380 g/mol. The molecule has 0 aromatic rings. The highest BCUT2D eigenvalue weighted by atomic mass is 16.5. The summed E-state index contributed by atoms with van der Waals surface area (Å²) in [5, 5.41) is 0. The molecule has 0 heterocycles. The number of hydrogen-bond acceptors (Lipinski definition) is 2. The molecule has 2 nitrogen and oxygen atoms in total. The third-order valence-corrected chi connectivity index (χ3v) is 10.6. The Labute approximate surface area is 192 Å². The van der Waals surface area contributed by atoms with Crippen molar-refractivity contribution in [2.24, 2.45) is 46.3 Å². The second-order valence-corrected chi connectivity index (χ2v) is 12.8. The SMILES string of the molecule is CC(=O)O[C@H]1CC[C@@]2(C)C(=CC[C@@H]3[C@H]2CC[C@]2(C)[C@H]3CC[C@H]2[C@H](C)CCCC(C)C)C1. The molecule has 0 aromatic heterocycles. The van der Waals surface area contributed by atoms with Crippen LogP contribution in [0.4, 0.5) is 0 Å². The van der Waals surface area contributed by atoms with Crippen LogP contribution >= 0.6 is 0 Å². The number of esters is 1. The molecule has 4 rings (SSSR count). The van der Waals surface area contributed by atoms with Crippen LogP contribution in [0.5, 0.6) is 0 Å². The van der Waals surface area contributed by atoms with Gasteiger partial charge in [-0.1, -0.05) is 65.5 Å². The van der Waals surface area contributed by atoms with Crippen LogP contribution in [0, 0.1) is 46.3 Å². The summed E-state index contributed by atoms with van der Waals surface area (Å²) in [5.74, 6) is 5.19. The average Bonchev–Trinajstić information content (AvgIpc) is 3.05. The van der Waals surface area contributed by atoms with E-state index in [9.17, 15) is 4.79 Å². The lowest BCUT2D eigenvalue weighted by Crippen LogP contribution is -2.51. The molecule has 0 N–H and O–H groups in total. The molecule has 0 unspecified atom stereocenters. The smallest absolute Gasteiger partial charge is 0.302 e. The van der Waals surface area contributed by atoms with Gasteiger partial charge in [0.2, 0.25) is 0 Å². The Kier molecular flexibility index (Phi) is 6.68. The zero-order chi connectivity index (χ0) is 22.4. The van der Waals surface area contributed by atoms with E-state index in [0.717, 1.165) is 48.3 Å². The Bertz CT molecular complexity index is 693. The fraction of sp³-hybridized carbons (Fsp3) is 0.897. The summed E-state index contributed by atoms with van der Waals surface area (Å²) in [5.41, 5.74) is 2.53. The van der Waals surface area contributed by atoms with Gasteiger partial charge in [-0.3, -0.25) is 4.79 Å². The molecule has 4 aliphatic rings. The van der Waals surface area contributed by atoms with Gasteiger partial charge in [0, 0.05) is 13.3 Å². The van der Waals surface area contributed by atoms with Crippen molar-refractivity contribution < 1.29 is 9.53 Å². The fourth-order valence-electron chi connectivity index (χ4n) is 8.99. The zero-order valence-electron chi connectivity index (χ0n) is 21.2. The highest BCUT2D eigenvalue weighted by Gasteiger charge is 2.59. The normalized spacial score (nSPS) is 42.9. The Morgan fingerprint density at radius 2 is 1.84 bits per heavy atom. The lowest BCUT2D eigenvalue weighted by molar-refractivity contribution is -0.148. The Morgan fingerprint density at radius 1 is 1.06 bits per heavy atom. The van der Waals surface area contributed by atoms with E-state index in [1.54, 1.807) is 12.5 Å². The van der Waals surface area contributed by atoms with Gasteiger partial charge in [0.1, 0.15) is 6.10 Å². The summed E-state index contributed by atoms with van der Waals surface area (Å²) in [4.78, 5) is 11.5. The Hall–Kier alpha value is -0.790. The number of rotatable bonds is 6. The topological polar surface area (TPSA) is 26.3 Å². The highest BCUT2D eigenvalue weighted by Crippen LogP contribution is 2.67. The fourth-order valence-corrected chi connectivity index (χ4v) is 8.99. The second-order valence-electron chi connectivity index (χ2n) is 12.8. The minimum atomic E-state index is -0.115. The molecular formula is C29H48O2. The molecule has 31 heavy (non-hydrogen) atoms. The predicted octanol–water partition coefficient (Wildman–Crippen LogP) is 7.96. The van der Waals surface area contributed by atoms with Gasteiger partial charge < -0.3 is 4.74 Å². The minimum absolute atomic E-state index is 0.115. The number of fused-ring (bicyclic) bond motifs is 5. The van der Waals surface area contributed by atoms with Crippen molar-refractivity contribution in [2.45, 2.75) is 118 Å². The summed E-state index contributed by atoms with van der Waals surface area (Å²) in [6, 6.07) is 0. The molecule has 0 bridgehead atoms. The monoisotopic (exact) mass is 428 g/mol. The van der Waals surface area contributed by atoms with E-state index in [1.165, 1.54) is 57.8 Å². The first-order valence-electron chi connectivity index (χ1n) is 13.5. The molecule has 176 valence electrons. The molecule has 0 spiro atoms. The lowest BCUT2D eigenvalue weighted by Gasteiger charge is -2.58. The van der Waals surface area contributed by atoms with Crippen LogP contribution in [-0.4, -0.2) is 12.1 Å². The third-order valence-electron chi connectivity index (χ3n) is 10.6.